The molecule has 1 aromatic rings. The predicted octanol–water partition coefficient (Wildman–Crippen LogP) is 2.22. The lowest BCUT2D eigenvalue weighted by molar-refractivity contribution is 0.0649. The molecule has 1 saturated heterocycles. The van der Waals surface area contributed by atoms with Crippen molar-refractivity contribution in [3.63, 3.8) is 0 Å². The van der Waals surface area contributed by atoms with Crippen molar-refractivity contribution in [2.75, 3.05) is 25.5 Å². The van der Waals surface area contributed by atoms with E-state index in [0.717, 1.165) is 12.1 Å². The van der Waals surface area contributed by atoms with Crippen LogP contribution in [-0.2, 0) is 0 Å². The average Bonchev–Trinajstić information content (AvgIpc) is 2.78. The summed E-state index contributed by atoms with van der Waals surface area (Å²) in [4.78, 5) is 14.4. The number of nitrogens with zero attached hydrogens (tertiary/aromatic N) is 1. The second-order valence-electron chi connectivity index (χ2n) is 4.95. The molecule has 1 amide bonds. The Morgan fingerprint density at radius 1 is 1.58 bits per heavy atom. The fourth-order valence-electron chi connectivity index (χ4n) is 2.60. The molecule has 0 radical (unpaired) electrons. The van der Waals surface area contributed by atoms with Crippen LogP contribution in [0.3, 0.4) is 0 Å². The minimum Gasteiger partial charge on any atom is -0.394 e. The minimum atomic E-state index is -0.101. The van der Waals surface area contributed by atoms with E-state index in [-0.39, 0.29) is 18.6 Å². The molecule has 1 fully saturated rings. The lowest BCUT2D eigenvalue weighted by atomic mass is 10.0. The Hall–Kier alpha value is -1.26. The van der Waals surface area contributed by atoms with Crippen molar-refractivity contribution in [2.45, 2.75) is 19.4 Å². The molecule has 0 aromatic heterocycles. The van der Waals surface area contributed by atoms with Gasteiger partial charge in [-0.1, -0.05) is 18.5 Å². The number of likely N-dealkylation sites (tertiary alicyclic amines) is 1. The molecule has 1 heterocycles. The van der Waals surface area contributed by atoms with E-state index in [1.165, 1.54) is 0 Å². The Morgan fingerprint density at radius 3 is 2.95 bits per heavy atom. The zero-order valence-electron chi connectivity index (χ0n) is 11.2. The van der Waals surface area contributed by atoms with E-state index in [9.17, 15) is 9.90 Å². The molecule has 2 unspecified atom stereocenters. The maximum Gasteiger partial charge on any atom is 0.256 e. The van der Waals surface area contributed by atoms with Gasteiger partial charge in [0, 0.05) is 24.3 Å². The third-order valence-electron chi connectivity index (χ3n) is 3.81. The molecule has 5 heteroatoms. The van der Waals surface area contributed by atoms with Gasteiger partial charge in [0.05, 0.1) is 18.2 Å². The van der Waals surface area contributed by atoms with E-state index in [1.807, 2.05) is 0 Å². The van der Waals surface area contributed by atoms with Crippen LogP contribution in [0.5, 0.6) is 0 Å². The summed E-state index contributed by atoms with van der Waals surface area (Å²) in [6, 6.07) is 5.12. The number of carbonyl (C=O) groups is 1. The molecule has 2 N–H and O–H groups in total. The van der Waals surface area contributed by atoms with Crippen molar-refractivity contribution >= 4 is 23.2 Å². The number of hydrogen-bond donors (Lipinski definition) is 2. The van der Waals surface area contributed by atoms with Crippen LogP contribution >= 0.6 is 11.6 Å². The maximum atomic E-state index is 12.6. The molecule has 1 aliphatic rings. The maximum absolute atomic E-state index is 12.6. The van der Waals surface area contributed by atoms with Gasteiger partial charge in [0.2, 0.25) is 0 Å². The highest BCUT2D eigenvalue weighted by Crippen LogP contribution is 2.28. The van der Waals surface area contributed by atoms with Crippen LogP contribution < -0.4 is 5.32 Å². The summed E-state index contributed by atoms with van der Waals surface area (Å²) in [5.41, 5.74) is 1.31. The molecule has 2 atom stereocenters. The van der Waals surface area contributed by atoms with Crippen LogP contribution in [0.25, 0.3) is 0 Å². The lowest BCUT2D eigenvalue weighted by Crippen LogP contribution is -2.40. The van der Waals surface area contributed by atoms with Crippen LogP contribution in [0.2, 0.25) is 5.02 Å². The third-order valence-corrected chi connectivity index (χ3v) is 4.05. The highest BCUT2D eigenvalue weighted by atomic mass is 35.5. The SMILES string of the molecule is CNc1ccc(Cl)cc1C(=O)N1CCC(C)C1CO. The molecule has 104 valence electrons. The quantitative estimate of drug-likeness (QED) is 0.894. The van der Waals surface area contributed by atoms with Gasteiger partial charge in [-0.15, -0.1) is 0 Å². The van der Waals surface area contributed by atoms with E-state index in [0.29, 0.717) is 23.0 Å². The van der Waals surface area contributed by atoms with E-state index in [4.69, 9.17) is 11.6 Å². The van der Waals surface area contributed by atoms with Gasteiger partial charge in [-0.05, 0) is 30.5 Å². The van der Waals surface area contributed by atoms with E-state index in [1.54, 1.807) is 30.1 Å². The first-order valence-corrected chi connectivity index (χ1v) is 6.85. The van der Waals surface area contributed by atoms with E-state index < -0.39 is 0 Å². The van der Waals surface area contributed by atoms with E-state index in [2.05, 4.69) is 12.2 Å². The van der Waals surface area contributed by atoms with Crippen molar-refractivity contribution in [3.05, 3.63) is 28.8 Å². The zero-order valence-corrected chi connectivity index (χ0v) is 11.9. The highest BCUT2D eigenvalue weighted by Gasteiger charge is 2.34. The van der Waals surface area contributed by atoms with Crippen molar-refractivity contribution in [1.29, 1.82) is 0 Å². The number of aliphatic hydroxyl groups is 1. The second-order valence-corrected chi connectivity index (χ2v) is 5.39. The first-order valence-electron chi connectivity index (χ1n) is 6.47. The van der Waals surface area contributed by atoms with Gasteiger partial charge in [0.1, 0.15) is 0 Å². The summed E-state index contributed by atoms with van der Waals surface area (Å²) >= 11 is 5.98. The largest absolute Gasteiger partial charge is 0.394 e. The predicted molar refractivity (Wildman–Crippen MR) is 76.7 cm³/mol. The second kappa shape index (κ2) is 5.80. The molecule has 0 bridgehead atoms. The number of aliphatic hydroxyl groups excluding tert-OH is 1. The minimum absolute atomic E-state index is 0.00234. The summed E-state index contributed by atoms with van der Waals surface area (Å²) in [5.74, 6) is 0.251. The number of carbonyl (C=O) groups excluding carboxylic acids is 1. The summed E-state index contributed by atoms with van der Waals surface area (Å²) in [6.07, 6.45) is 0.923. The first-order chi connectivity index (χ1) is 9.08. The van der Waals surface area contributed by atoms with Crippen LogP contribution in [0, 0.1) is 5.92 Å². The Balaban J connectivity index is 2.31. The molecule has 1 aromatic carbocycles. The highest BCUT2D eigenvalue weighted by molar-refractivity contribution is 6.31. The molecule has 4 nitrogen and oxygen atoms in total. The third kappa shape index (κ3) is 2.69. The van der Waals surface area contributed by atoms with Crippen molar-refractivity contribution in [1.82, 2.24) is 4.90 Å². The van der Waals surface area contributed by atoms with Gasteiger partial charge in [0.15, 0.2) is 0 Å². The van der Waals surface area contributed by atoms with Gasteiger partial charge >= 0.3 is 0 Å². The molecule has 0 saturated carbocycles. The Morgan fingerprint density at radius 2 is 2.32 bits per heavy atom. The number of amides is 1. The molecule has 2 rings (SSSR count). The Kier molecular flexibility index (Phi) is 4.32. The topological polar surface area (TPSA) is 52.6 Å². The Bertz CT molecular complexity index is 479. The van der Waals surface area contributed by atoms with Crippen LogP contribution in [0.1, 0.15) is 23.7 Å². The van der Waals surface area contributed by atoms with Crippen molar-refractivity contribution < 1.29 is 9.90 Å². The van der Waals surface area contributed by atoms with Crippen LogP contribution in [-0.4, -0.2) is 42.2 Å². The van der Waals surface area contributed by atoms with Crippen molar-refractivity contribution in [3.8, 4) is 0 Å². The molecule has 0 spiro atoms. The van der Waals surface area contributed by atoms with E-state index >= 15 is 0 Å². The Labute approximate surface area is 118 Å². The summed E-state index contributed by atoms with van der Waals surface area (Å²) in [6.45, 7) is 2.74. The normalized spacial score (nSPS) is 22.6. The monoisotopic (exact) mass is 282 g/mol. The number of anilines is 1. The number of hydrogen-bond acceptors (Lipinski definition) is 3. The summed E-state index contributed by atoms with van der Waals surface area (Å²) in [7, 11) is 1.77. The number of rotatable bonds is 3. The molecular weight excluding hydrogens is 264 g/mol. The standard InChI is InChI=1S/C14H19ClN2O2/c1-9-5-6-17(13(9)8-18)14(19)11-7-10(15)3-4-12(11)16-2/h3-4,7,9,13,16,18H,5-6,8H2,1-2H3. The van der Waals surface area contributed by atoms with Gasteiger partial charge in [-0.2, -0.15) is 0 Å². The van der Waals surface area contributed by atoms with Gasteiger partial charge < -0.3 is 15.3 Å². The fourth-order valence-corrected chi connectivity index (χ4v) is 2.78. The van der Waals surface area contributed by atoms with Crippen LogP contribution in [0.15, 0.2) is 18.2 Å². The van der Waals surface area contributed by atoms with Gasteiger partial charge in [-0.3, -0.25) is 4.79 Å². The molecular formula is C14H19ClN2O2. The van der Waals surface area contributed by atoms with Gasteiger partial charge in [0.25, 0.3) is 5.91 Å². The summed E-state index contributed by atoms with van der Waals surface area (Å²) in [5, 5.41) is 13.0. The van der Waals surface area contributed by atoms with Gasteiger partial charge in [-0.25, -0.2) is 0 Å². The number of benzene rings is 1. The van der Waals surface area contributed by atoms with Crippen LogP contribution in [0.4, 0.5) is 5.69 Å². The number of nitrogens with one attached hydrogen (secondary N) is 1. The van der Waals surface area contributed by atoms with Crippen molar-refractivity contribution in [2.24, 2.45) is 5.92 Å². The molecule has 19 heavy (non-hydrogen) atoms. The summed E-state index contributed by atoms with van der Waals surface area (Å²) < 4.78 is 0. The first kappa shape index (κ1) is 14.2. The molecule has 0 aliphatic carbocycles. The lowest BCUT2D eigenvalue weighted by Gasteiger charge is -2.26. The zero-order chi connectivity index (χ0) is 14.0. The average molecular weight is 283 g/mol. The number of halogens is 1. The molecule has 1 aliphatic heterocycles. The fraction of sp³-hybridized carbons (Fsp3) is 0.500. The smallest absolute Gasteiger partial charge is 0.256 e.